The van der Waals surface area contributed by atoms with Crippen LogP contribution in [0.5, 0.6) is 0 Å². The highest BCUT2D eigenvalue weighted by Gasteiger charge is 2.36. The molecule has 0 aliphatic carbocycles. The summed E-state index contributed by atoms with van der Waals surface area (Å²) in [5.74, 6) is -0.0662. The second-order valence-electron chi connectivity index (χ2n) is 10.6. The summed E-state index contributed by atoms with van der Waals surface area (Å²) in [6, 6.07) is 6.35. The molecule has 4 heterocycles. The fourth-order valence-electron chi connectivity index (χ4n) is 5.88. The van der Waals surface area contributed by atoms with Crippen LogP contribution in [0.3, 0.4) is 0 Å². The molecule has 1 aromatic heterocycles. The fourth-order valence-corrected chi connectivity index (χ4v) is 5.88. The molecule has 2 aromatic rings. The molecule has 5 rings (SSSR count). The first-order valence-corrected chi connectivity index (χ1v) is 13.2. The first kappa shape index (κ1) is 24.8. The normalized spacial score (nSPS) is 24.2. The Morgan fingerprint density at radius 3 is 2.58 bits per heavy atom. The Hall–Kier alpha value is -2.91. The number of carbonyl (C=O) groups is 2. The van der Waals surface area contributed by atoms with Gasteiger partial charge in [0.1, 0.15) is 6.54 Å². The number of piperidine rings is 1. The van der Waals surface area contributed by atoms with E-state index < -0.39 is 0 Å². The Morgan fingerprint density at radius 2 is 1.86 bits per heavy atom. The van der Waals surface area contributed by atoms with Crippen molar-refractivity contribution < 1.29 is 14.7 Å². The monoisotopic (exact) mass is 494 g/mol. The summed E-state index contributed by atoms with van der Waals surface area (Å²) >= 11 is 0. The van der Waals surface area contributed by atoms with Crippen LogP contribution in [0.15, 0.2) is 18.2 Å². The summed E-state index contributed by atoms with van der Waals surface area (Å²) in [4.78, 5) is 32.9. The molecular formula is C27H38N6O3. The number of aliphatic hydroxyl groups is 1. The van der Waals surface area contributed by atoms with E-state index in [1.165, 1.54) is 16.8 Å². The van der Waals surface area contributed by atoms with E-state index in [0.29, 0.717) is 44.7 Å². The zero-order valence-electron chi connectivity index (χ0n) is 21.8. The molecule has 194 valence electrons. The maximum atomic E-state index is 13.5. The van der Waals surface area contributed by atoms with Crippen LogP contribution in [-0.4, -0.2) is 81.4 Å². The van der Waals surface area contributed by atoms with E-state index in [-0.39, 0.29) is 36.5 Å². The number of hydrogen-bond acceptors (Lipinski definition) is 6. The summed E-state index contributed by atoms with van der Waals surface area (Å²) in [6.45, 7) is 12.5. The molecule has 2 N–H and O–H groups in total. The van der Waals surface area contributed by atoms with Gasteiger partial charge in [-0.2, -0.15) is 5.10 Å². The van der Waals surface area contributed by atoms with E-state index in [9.17, 15) is 14.7 Å². The van der Waals surface area contributed by atoms with Gasteiger partial charge in [0.25, 0.3) is 5.91 Å². The van der Waals surface area contributed by atoms with Gasteiger partial charge in [-0.3, -0.25) is 14.3 Å². The van der Waals surface area contributed by atoms with Gasteiger partial charge >= 0.3 is 0 Å². The van der Waals surface area contributed by atoms with Crippen molar-refractivity contribution in [2.75, 3.05) is 37.6 Å². The Balaban J connectivity index is 1.28. The molecule has 9 nitrogen and oxygen atoms in total. The molecule has 1 aromatic carbocycles. The molecule has 0 bridgehead atoms. The number of benzene rings is 1. The molecule has 0 unspecified atom stereocenters. The number of hydrogen-bond donors (Lipinski definition) is 2. The molecule has 36 heavy (non-hydrogen) atoms. The SMILES string of the molecule is Cc1cccc(N2CCN(C(=O)Cn3nc(C(=O)N4CC[C@@H](O)C[C@@H]4C)c4c3CN[C@@H]4C)CC2)c1C. The minimum atomic E-state index is -0.360. The predicted octanol–water partition coefficient (Wildman–Crippen LogP) is 2.00. The van der Waals surface area contributed by atoms with Crippen molar-refractivity contribution in [2.45, 2.75) is 71.8 Å². The van der Waals surface area contributed by atoms with Gasteiger partial charge in [0.05, 0.1) is 11.8 Å². The van der Waals surface area contributed by atoms with Crippen LogP contribution >= 0.6 is 0 Å². The lowest BCUT2D eigenvalue weighted by atomic mass is 9.99. The molecule has 2 fully saturated rings. The van der Waals surface area contributed by atoms with Gasteiger partial charge in [-0.25, -0.2) is 0 Å². The molecule has 2 amide bonds. The van der Waals surface area contributed by atoms with Crippen LogP contribution < -0.4 is 10.2 Å². The number of fused-ring (bicyclic) bond motifs is 1. The Morgan fingerprint density at radius 1 is 1.11 bits per heavy atom. The van der Waals surface area contributed by atoms with Crippen LogP contribution in [-0.2, 0) is 17.9 Å². The third kappa shape index (κ3) is 4.50. The molecule has 9 heteroatoms. The third-order valence-electron chi connectivity index (χ3n) is 8.25. The van der Waals surface area contributed by atoms with Crippen LogP contribution in [0.2, 0.25) is 0 Å². The first-order valence-electron chi connectivity index (χ1n) is 13.2. The first-order chi connectivity index (χ1) is 17.2. The number of nitrogens with zero attached hydrogens (tertiary/aromatic N) is 5. The van der Waals surface area contributed by atoms with Gasteiger partial charge in [-0.05, 0) is 57.7 Å². The number of piperazine rings is 1. The quantitative estimate of drug-likeness (QED) is 0.675. The van der Waals surface area contributed by atoms with E-state index >= 15 is 0 Å². The average molecular weight is 495 g/mol. The zero-order chi connectivity index (χ0) is 25.6. The Kier molecular flexibility index (Phi) is 6.78. The minimum Gasteiger partial charge on any atom is -0.393 e. The molecule has 0 spiro atoms. The van der Waals surface area contributed by atoms with Gasteiger partial charge in [0, 0.05) is 62.6 Å². The molecule has 3 aliphatic heterocycles. The number of nitrogens with one attached hydrogen (secondary N) is 1. The number of aromatic nitrogens is 2. The van der Waals surface area contributed by atoms with Crippen molar-refractivity contribution in [3.8, 4) is 0 Å². The molecule has 3 atom stereocenters. The topological polar surface area (TPSA) is 93.9 Å². The van der Waals surface area contributed by atoms with Crippen molar-refractivity contribution in [2.24, 2.45) is 0 Å². The van der Waals surface area contributed by atoms with Gasteiger partial charge in [0.15, 0.2) is 5.69 Å². The number of carbonyl (C=O) groups excluding carboxylic acids is 2. The van der Waals surface area contributed by atoms with Crippen molar-refractivity contribution in [1.82, 2.24) is 24.9 Å². The summed E-state index contributed by atoms with van der Waals surface area (Å²) in [5, 5.41) is 18.1. The molecule has 0 radical (unpaired) electrons. The highest BCUT2D eigenvalue weighted by molar-refractivity contribution is 5.95. The van der Waals surface area contributed by atoms with E-state index in [2.05, 4.69) is 42.3 Å². The molecule has 3 aliphatic rings. The highest BCUT2D eigenvalue weighted by atomic mass is 16.3. The zero-order valence-corrected chi connectivity index (χ0v) is 21.8. The average Bonchev–Trinajstić information content (AvgIpc) is 3.41. The number of rotatable bonds is 4. The maximum absolute atomic E-state index is 13.5. The van der Waals surface area contributed by atoms with Crippen LogP contribution in [0.25, 0.3) is 0 Å². The van der Waals surface area contributed by atoms with Crippen LogP contribution in [0.1, 0.15) is 65.6 Å². The number of aliphatic hydroxyl groups excluding tert-OH is 1. The number of anilines is 1. The van der Waals surface area contributed by atoms with E-state index in [1.54, 1.807) is 4.68 Å². The lowest BCUT2D eigenvalue weighted by Gasteiger charge is -2.37. The van der Waals surface area contributed by atoms with Crippen molar-refractivity contribution in [3.63, 3.8) is 0 Å². The lowest BCUT2D eigenvalue weighted by molar-refractivity contribution is -0.132. The van der Waals surface area contributed by atoms with Crippen molar-refractivity contribution >= 4 is 17.5 Å². The molecule has 0 saturated carbocycles. The molecule has 2 saturated heterocycles. The van der Waals surface area contributed by atoms with E-state index in [0.717, 1.165) is 24.3 Å². The number of amides is 2. The summed E-state index contributed by atoms with van der Waals surface area (Å²) in [6.07, 6.45) is 0.801. The van der Waals surface area contributed by atoms with Crippen molar-refractivity contribution in [1.29, 1.82) is 0 Å². The maximum Gasteiger partial charge on any atom is 0.274 e. The van der Waals surface area contributed by atoms with Crippen LogP contribution in [0.4, 0.5) is 5.69 Å². The van der Waals surface area contributed by atoms with Gasteiger partial charge < -0.3 is 25.1 Å². The minimum absolute atomic E-state index is 0.00889. The van der Waals surface area contributed by atoms with Gasteiger partial charge in [-0.15, -0.1) is 0 Å². The van der Waals surface area contributed by atoms with Gasteiger partial charge in [0.2, 0.25) is 5.91 Å². The lowest BCUT2D eigenvalue weighted by Crippen LogP contribution is -2.50. The second-order valence-corrected chi connectivity index (χ2v) is 10.6. The number of likely N-dealkylation sites (tertiary alicyclic amines) is 1. The third-order valence-corrected chi connectivity index (χ3v) is 8.25. The Bertz CT molecular complexity index is 1150. The smallest absolute Gasteiger partial charge is 0.274 e. The van der Waals surface area contributed by atoms with Crippen molar-refractivity contribution in [3.05, 3.63) is 46.3 Å². The summed E-state index contributed by atoms with van der Waals surface area (Å²) in [7, 11) is 0. The second kappa shape index (κ2) is 9.86. The fraction of sp³-hybridized carbons (Fsp3) is 0.593. The predicted molar refractivity (Wildman–Crippen MR) is 138 cm³/mol. The highest BCUT2D eigenvalue weighted by Crippen LogP contribution is 2.31. The Labute approximate surface area is 213 Å². The summed E-state index contributed by atoms with van der Waals surface area (Å²) in [5.41, 5.74) is 6.10. The van der Waals surface area contributed by atoms with Crippen LogP contribution in [0, 0.1) is 13.8 Å². The molecular weight excluding hydrogens is 456 g/mol. The number of aryl methyl sites for hydroxylation is 1. The van der Waals surface area contributed by atoms with E-state index in [1.807, 2.05) is 23.6 Å². The standard InChI is InChI=1S/C27H38N6O3/c1-17-6-5-7-22(19(17)3)30-10-12-31(13-11-30)24(35)16-33-23-15-28-20(4)25(23)26(29-33)27(36)32-9-8-21(34)14-18(32)2/h5-7,18,20-21,28,34H,8-16H2,1-4H3/t18-,20+,21+/m0/s1. The van der Waals surface area contributed by atoms with E-state index in [4.69, 9.17) is 5.10 Å². The summed E-state index contributed by atoms with van der Waals surface area (Å²) < 4.78 is 1.74. The largest absolute Gasteiger partial charge is 0.393 e. The van der Waals surface area contributed by atoms with Gasteiger partial charge in [-0.1, -0.05) is 12.1 Å².